The van der Waals surface area contributed by atoms with Gasteiger partial charge in [-0.15, -0.1) is 0 Å². The second-order valence-corrected chi connectivity index (χ2v) is 5.65. The van der Waals surface area contributed by atoms with Gasteiger partial charge in [-0.25, -0.2) is 0 Å². The van der Waals surface area contributed by atoms with Gasteiger partial charge in [-0.3, -0.25) is 0 Å². The highest BCUT2D eigenvalue weighted by molar-refractivity contribution is 5.36. The Kier molecular flexibility index (Phi) is 2.38. The molecule has 0 saturated heterocycles. The van der Waals surface area contributed by atoms with Gasteiger partial charge in [0.2, 0.25) is 0 Å². The maximum atomic E-state index is 6.07. The van der Waals surface area contributed by atoms with E-state index in [1.807, 2.05) is 0 Å². The molecule has 82 valence electrons. The summed E-state index contributed by atoms with van der Waals surface area (Å²) in [6, 6.07) is 9.30. The molecule has 1 aromatic rings. The van der Waals surface area contributed by atoms with Crippen LogP contribution in [0.5, 0.6) is 0 Å². The lowest BCUT2D eigenvalue weighted by molar-refractivity contribution is 0.599. The molecule has 2 atom stereocenters. The highest BCUT2D eigenvalue weighted by Crippen LogP contribution is 2.57. The second kappa shape index (κ2) is 3.34. The smallest absolute Gasteiger partial charge is 0.0172 e. The maximum absolute atomic E-state index is 6.07. The summed E-state index contributed by atoms with van der Waals surface area (Å²) in [7, 11) is 0. The van der Waals surface area contributed by atoms with Crippen molar-refractivity contribution in [1.82, 2.24) is 0 Å². The Morgan fingerprint density at radius 3 is 1.93 bits per heavy atom. The average Bonchev–Trinajstić information content (AvgIpc) is 2.66. The molecule has 2 rings (SSSR count). The van der Waals surface area contributed by atoms with Gasteiger partial charge in [0.1, 0.15) is 0 Å². The molecule has 0 bridgehead atoms. The van der Waals surface area contributed by atoms with Gasteiger partial charge in [0.15, 0.2) is 0 Å². The first kappa shape index (κ1) is 10.7. The summed E-state index contributed by atoms with van der Waals surface area (Å²) in [5, 5.41) is 0. The Balaban J connectivity index is 2.19. The van der Waals surface area contributed by atoms with Crippen molar-refractivity contribution in [1.29, 1.82) is 0 Å². The minimum absolute atomic E-state index is 0.291. The third-order valence-corrected chi connectivity index (χ3v) is 3.87. The molecule has 0 spiro atoms. The third-order valence-electron chi connectivity index (χ3n) is 3.87. The van der Waals surface area contributed by atoms with Crippen molar-refractivity contribution in [3.63, 3.8) is 0 Å². The second-order valence-electron chi connectivity index (χ2n) is 5.65. The van der Waals surface area contributed by atoms with Crippen LogP contribution in [-0.4, -0.2) is 6.04 Å². The quantitative estimate of drug-likeness (QED) is 0.784. The predicted octanol–water partition coefficient (Wildman–Crippen LogP) is 3.26. The van der Waals surface area contributed by atoms with Crippen molar-refractivity contribution in [3.8, 4) is 0 Å². The van der Waals surface area contributed by atoms with Gasteiger partial charge < -0.3 is 5.73 Å². The van der Waals surface area contributed by atoms with Gasteiger partial charge in [-0.05, 0) is 22.5 Å². The zero-order chi connectivity index (χ0) is 11.2. The Hall–Kier alpha value is -0.820. The maximum Gasteiger partial charge on any atom is 0.0172 e. The van der Waals surface area contributed by atoms with Crippen LogP contribution in [-0.2, 0) is 0 Å². The molecule has 1 aliphatic carbocycles. The van der Waals surface area contributed by atoms with Crippen LogP contribution in [0, 0.1) is 5.41 Å². The van der Waals surface area contributed by atoms with E-state index in [4.69, 9.17) is 5.73 Å². The molecule has 15 heavy (non-hydrogen) atoms. The van der Waals surface area contributed by atoms with E-state index in [2.05, 4.69) is 52.0 Å². The van der Waals surface area contributed by atoms with Crippen molar-refractivity contribution in [3.05, 3.63) is 35.4 Å². The average molecular weight is 203 g/mol. The minimum atomic E-state index is 0.291. The summed E-state index contributed by atoms with van der Waals surface area (Å²) < 4.78 is 0. The molecule has 0 radical (unpaired) electrons. The van der Waals surface area contributed by atoms with Gasteiger partial charge >= 0.3 is 0 Å². The molecule has 1 aromatic carbocycles. The lowest BCUT2D eigenvalue weighted by Gasteiger charge is -2.07. The van der Waals surface area contributed by atoms with E-state index in [1.54, 1.807) is 0 Å². The number of hydrogen-bond donors (Lipinski definition) is 1. The summed E-state index contributed by atoms with van der Waals surface area (Å²) >= 11 is 0. The first-order chi connectivity index (χ1) is 6.94. The van der Waals surface area contributed by atoms with Crippen molar-refractivity contribution in [2.45, 2.75) is 45.6 Å². The lowest BCUT2D eigenvalue weighted by atomic mass is 9.98. The molecule has 1 saturated carbocycles. The van der Waals surface area contributed by atoms with Crippen LogP contribution in [0.4, 0.5) is 0 Å². The van der Waals surface area contributed by atoms with Crippen molar-refractivity contribution < 1.29 is 0 Å². The first-order valence-corrected chi connectivity index (χ1v) is 5.80. The number of benzene rings is 1. The van der Waals surface area contributed by atoms with Crippen molar-refractivity contribution >= 4 is 0 Å². The zero-order valence-corrected chi connectivity index (χ0v) is 10.1. The summed E-state index contributed by atoms with van der Waals surface area (Å²) in [5.41, 5.74) is 9.17. The molecule has 0 aromatic heterocycles. The summed E-state index contributed by atoms with van der Waals surface area (Å²) in [4.78, 5) is 0. The minimum Gasteiger partial charge on any atom is -0.327 e. The van der Waals surface area contributed by atoms with Gasteiger partial charge in [-0.1, -0.05) is 52.0 Å². The predicted molar refractivity (Wildman–Crippen MR) is 65.0 cm³/mol. The largest absolute Gasteiger partial charge is 0.327 e. The topological polar surface area (TPSA) is 26.0 Å². The molecular formula is C14H21N. The van der Waals surface area contributed by atoms with E-state index in [-0.39, 0.29) is 0 Å². The number of rotatable bonds is 2. The summed E-state index contributed by atoms with van der Waals surface area (Å²) in [5.74, 6) is 1.17. The van der Waals surface area contributed by atoms with Crippen LogP contribution in [0.1, 0.15) is 50.7 Å². The molecule has 1 heteroatoms. The lowest BCUT2D eigenvalue weighted by Crippen LogP contribution is -2.06. The fourth-order valence-corrected chi connectivity index (χ4v) is 2.40. The first-order valence-electron chi connectivity index (χ1n) is 5.80. The van der Waals surface area contributed by atoms with E-state index in [0.717, 1.165) is 0 Å². The number of nitrogens with two attached hydrogens (primary N) is 1. The van der Waals surface area contributed by atoms with Crippen LogP contribution in [0.15, 0.2) is 24.3 Å². The third kappa shape index (κ3) is 1.69. The highest BCUT2D eigenvalue weighted by Gasteiger charge is 2.55. The summed E-state index contributed by atoms with van der Waals surface area (Å²) in [6.07, 6.45) is 0. The van der Waals surface area contributed by atoms with Crippen LogP contribution in [0.3, 0.4) is 0 Å². The summed E-state index contributed by atoms with van der Waals surface area (Å²) in [6.45, 7) is 8.95. The normalized spacial score (nSPS) is 28.1. The Morgan fingerprint density at radius 1 is 1.13 bits per heavy atom. The van der Waals surface area contributed by atoms with E-state index in [1.165, 1.54) is 11.1 Å². The van der Waals surface area contributed by atoms with Crippen LogP contribution >= 0.6 is 0 Å². The van der Waals surface area contributed by atoms with E-state index >= 15 is 0 Å². The fourth-order valence-electron chi connectivity index (χ4n) is 2.40. The standard InChI is InChI=1S/C14H21N/c1-9(2)10-5-7-11(8-6-10)12-13(15)14(12,3)4/h5-9,12-13H,15H2,1-4H3. The molecular weight excluding hydrogens is 182 g/mol. The van der Waals surface area contributed by atoms with Crippen LogP contribution in [0.2, 0.25) is 0 Å². The monoisotopic (exact) mass is 203 g/mol. The molecule has 1 nitrogen and oxygen atoms in total. The fraction of sp³-hybridized carbons (Fsp3) is 0.571. The molecule has 2 unspecified atom stereocenters. The Labute approximate surface area is 92.7 Å². The molecule has 0 amide bonds. The molecule has 2 N–H and O–H groups in total. The number of hydrogen-bond acceptors (Lipinski definition) is 1. The van der Waals surface area contributed by atoms with Crippen molar-refractivity contribution in [2.75, 3.05) is 0 Å². The Morgan fingerprint density at radius 2 is 1.60 bits per heavy atom. The molecule has 1 aliphatic rings. The Bertz CT molecular complexity index is 348. The van der Waals surface area contributed by atoms with Crippen LogP contribution in [0.25, 0.3) is 0 Å². The van der Waals surface area contributed by atoms with E-state index in [0.29, 0.717) is 23.3 Å². The SMILES string of the molecule is CC(C)c1ccc(C2C(N)C2(C)C)cc1. The van der Waals surface area contributed by atoms with Crippen LogP contribution < -0.4 is 5.73 Å². The van der Waals surface area contributed by atoms with E-state index < -0.39 is 0 Å². The van der Waals surface area contributed by atoms with Crippen molar-refractivity contribution in [2.24, 2.45) is 11.1 Å². The van der Waals surface area contributed by atoms with Gasteiger partial charge in [-0.2, -0.15) is 0 Å². The molecule has 1 fully saturated rings. The van der Waals surface area contributed by atoms with Gasteiger partial charge in [0, 0.05) is 12.0 Å². The van der Waals surface area contributed by atoms with Gasteiger partial charge in [0.25, 0.3) is 0 Å². The van der Waals surface area contributed by atoms with E-state index in [9.17, 15) is 0 Å². The zero-order valence-electron chi connectivity index (χ0n) is 10.1. The molecule has 0 heterocycles. The molecule has 0 aliphatic heterocycles. The van der Waals surface area contributed by atoms with Gasteiger partial charge in [0.05, 0.1) is 0 Å². The highest BCUT2D eigenvalue weighted by atomic mass is 14.8.